The number of aryl methyl sites for hydroxylation is 2. The van der Waals surface area contributed by atoms with Gasteiger partial charge in [0.25, 0.3) is 0 Å². The van der Waals surface area contributed by atoms with E-state index in [0.717, 1.165) is 36.2 Å². The van der Waals surface area contributed by atoms with Crippen molar-refractivity contribution >= 4 is 34.2 Å². The third-order valence-electron chi connectivity index (χ3n) is 4.67. The van der Waals surface area contributed by atoms with E-state index in [1.54, 1.807) is 16.2 Å². The van der Waals surface area contributed by atoms with Gasteiger partial charge in [0, 0.05) is 23.1 Å². The molecular weight excluding hydrogens is 352 g/mol. The van der Waals surface area contributed by atoms with Crippen LogP contribution in [0.2, 0.25) is 0 Å². The molecule has 4 rings (SSSR count). The van der Waals surface area contributed by atoms with E-state index >= 15 is 0 Å². The number of thiazole rings is 1. The van der Waals surface area contributed by atoms with Crippen molar-refractivity contribution in [1.82, 2.24) is 10.3 Å². The van der Waals surface area contributed by atoms with Crippen LogP contribution in [0.3, 0.4) is 0 Å². The van der Waals surface area contributed by atoms with E-state index in [1.807, 2.05) is 18.2 Å². The monoisotopic (exact) mass is 372 g/mol. The Labute approximate surface area is 155 Å². The number of nitrogens with two attached hydrogens (primary N) is 1. The molecule has 1 aliphatic heterocycles. The summed E-state index contributed by atoms with van der Waals surface area (Å²) in [7, 11) is 0. The van der Waals surface area contributed by atoms with Crippen molar-refractivity contribution in [1.29, 1.82) is 0 Å². The summed E-state index contributed by atoms with van der Waals surface area (Å²) >= 11 is 1.55. The Hall–Kier alpha value is -2.61. The van der Waals surface area contributed by atoms with Crippen LogP contribution in [0.15, 0.2) is 18.2 Å². The summed E-state index contributed by atoms with van der Waals surface area (Å²) in [5.41, 5.74) is 9.93. The quantitative estimate of drug-likeness (QED) is 0.862. The topological polar surface area (TPSA) is 97.5 Å². The number of hydrogen-bond donors (Lipinski definition) is 2. The molecule has 1 fully saturated rings. The number of carbonyl (C=O) groups excluding carboxylic acids is 2. The first kappa shape index (κ1) is 16.8. The van der Waals surface area contributed by atoms with Crippen LogP contribution in [0.25, 0.3) is 11.3 Å². The largest absolute Gasteiger partial charge is 0.442 e. The number of ether oxygens (including phenoxy) is 1. The first-order chi connectivity index (χ1) is 12.5. The number of cyclic esters (lactones) is 1. The first-order valence-electron chi connectivity index (χ1n) is 8.62. The van der Waals surface area contributed by atoms with Crippen LogP contribution in [-0.4, -0.2) is 36.2 Å². The number of fused-ring (bicyclic) bond motifs is 3. The number of nitrogen functional groups attached to an aromatic ring is 1. The van der Waals surface area contributed by atoms with Gasteiger partial charge >= 0.3 is 6.09 Å². The van der Waals surface area contributed by atoms with Crippen molar-refractivity contribution in [2.24, 2.45) is 0 Å². The van der Waals surface area contributed by atoms with Crippen LogP contribution < -0.4 is 16.0 Å². The smallest absolute Gasteiger partial charge is 0.414 e. The molecule has 0 saturated carbocycles. The van der Waals surface area contributed by atoms with Crippen LogP contribution in [0.4, 0.5) is 15.6 Å². The summed E-state index contributed by atoms with van der Waals surface area (Å²) in [4.78, 5) is 30.6. The molecule has 2 aromatic rings. The summed E-state index contributed by atoms with van der Waals surface area (Å²) in [6.07, 6.45) is 2.21. The molecule has 1 atom stereocenters. The van der Waals surface area contributed by atoms with E-state index in [4.69, 9.17) is 10.5 Å². The molecule has 1 saturated heterocycles. The normalized spacial score (nSPS) is 18.7. The second kappa shape index (κ2) is 6.60. The fourth-order valence-electron chi connectivity index (χ4n) is 3.47. The van der Waals surface area contributed by atoms with Gasteiger partial charge in [-0.05, 0) is 37.0 Å². The molecule has 2 aliphatic rings. The first-order valence-corrected chi connectivity index (χ1v) is 9.44. The summed E-state index contributed by atoms with van der Waals surface area (Å²) in [6, 6.07) is 5.98. The molecule has 8 heteroatoms. The lowest BCUT2D eigenvalue weighted by Crippen LogP contribution is -2.33. The average molecular weight is 372 g/mol. The van der Waals surface area contributed by atoms with Crippen molar-refractivity contribution in [3.05, 3.63) is 28.6 Å². The predicted octanol–water partition coefficient (Wildman–Crippen LogP) is 2.34. The molecule has 2 amide bonds. The average Bonchev–Trinajstić information content (AvgIpc) is 3.11. The minimum Gasteiger partial charge on any atom is -0.442 e. The summed E-state index contributed by atoms with van der Waals surface area (Å²) in [5, 5.41) is 3.28. The fourth-order valence-corrected chi connectivity index (χ4v) is 4.36. The Bertz CT molecular complexity index is 879. The lowest BCUT2D eigenvalue weighted by atomic mass is 10.0. The van der Waals surface area contributed by atoms with Crippen molar-refractivity contribution in [2.45, 2.75) is 32.3 Å². The Morgan fingerprint density at radius 2 is 2.31 bits per heavy atom. The van der Waals surface area contributed by atoms with Gasteiger partial charge in [-0.1, -0.05) is 6.07 Å². The molecule has 0 spiro atoms. The summed E-state index contributed by atoms with van der Waals surface area (Å²) in [5.74, 6) is -0.136. The number of carbonyl (C=O) groups is 2. The van der Waals surface area contributed by atoms with E-state index in [9.17, 15) is 9.59 Å². The maximum atomic E-state index is 12.2. The SMILES string of the molecule is CC(=O)NC[C@H]1CN(c2ccc3c(c2)CCCc2sc(N)nc2-3)C(=O)O1. The van der Waals surface area contributed by atoms with Crippen molar-refractivity contribution < 1.29 is 14.3 Å². The van der Waals surface area contributed by atoms with Gasteiger partial charge in [0.05, 0.1) is 18.8 Å². The zero-order valence-electron chi connectivity index (χ0n) is 14.4. The molecule has 136 valence electrons. The Kier molecular flexibility index (Phi) is 4.28. The third-order valence-corrected chi connectivity index (χ3v) is 5.62. The summed E-state index contributed by atoms with van der Waals surface area (Å²) < 4.78 is 5.35. The van der Waals surface area contributed by atoms with E-state index < -0.39 is 0 Å². The van der Waals surface area contributed by atoms with Crippen molar-refractivity contribution in [3.8, 4) is 11.3 Å². The predicted molar refractivity (Wildman–Crippen MR) is 100 cm³/mol. The van der Waals surface area contributed by atoms with Crippen LogP contribution in [0, 0.1) is 0 Å². The highest BCUT2D eigenvalue weighted by Crippen LogP contribution is 2.38. The molecule has 0 unspecified atom stereocenters. The third kappa shape index (κ3) is 3.12. The number of nitrogens with one attached hydrogen (secondary N) is 1. The Morgan fingerprint density at radius 3 is 3.12 bits per heavy atom. The lowest BCUT2D eigenvalue weighted by molar-refractivity contribution is -0.119. The van der Waals surface area contributed by atoms with Gasteiger partial charge in [-0.2, -0.15) is 0 Å². The van der Waals surface area contributed by atoms with Crippen LogP contribution >= 0.6 is 11.3 Å². The molecule has 7 nitrogen and oxygen atoms in total. The number of rotatable bonds is 3. The minimum atomic E-state index is -0.382. The minimum absolute atomic E-state index is 0.136. The highest BCUT2D eigenvalue weighted by atomic mass is 32.1. The second-order valence-corrected chi connectivity index (χ2v) is 7.69. The Morgan fingerprint density at radius 1 is 1.46 bits per heavy atom. The van der Waals surface area contributed by atoms with Gasteiger partial charge in [-0.15, -0.1) is 11.3 Å². The number of amides is 2. The van der Waals surface area contributed by atoms with Crippen molar-refractivity contribution in [3.63, 3.8) is 0 Å². The number of benzene rings is 1. The van der Waals surface area contributed by atoms with Gasteiger partial charge in [-0.25, -0.2) is 9.78 Å². The van der Waals surface area contributed by atoms with Gasteiger partial charge in [0.1, 0.15) is 6.10 Å². The van der Waals surface area contributed by atoms with Crippen LogP contribution in [-0.2, 0) is 22.4 Å². The van der Waals surface area contributed by atoms with Gasteiger partial charge in [0.15, 0.2) is 5.13 Å². The molecular formula is C18H20N4O3S. The molecule has 3 N–H and O–H groups in total. The molecule has 0 radical (unpaired) electrons. The number of anilines is 2. The van der Waals surface area contributed by atoms with Crippen molar-refractivity contribution in [2.75, 3.05) is 23.7 Å². The number of hydrogen-bond acceptors (Lipinski definition) is 6. The second-order valence-electron chi connectivity index (χ2n) is 6.57. The molecule has 1 aromatic carbocycles. The summed E-state index contributed by atoms with van der Waals surface area (Å²) in [6.45, 7) is 2.19. The van der Waals surface area contributed by atoms with Crippen LogP contribution in [0.1, 0.15) is 23.8 Å². The molecule has 26 heavy (non-hydrogen) atoms. The van der Waals surface area contributed by atoms with E-state index in [1.165, 1.54) is 17.4 Å². The standard InChI is InChI=1S/C18H20N4O3S/c1-10(23)20-8-13-9-22(18(24)25-13)12-5-6-14-11(7-12)3-2-4-15-16(14)21-17(19)26-15/h5-7,13H,2-4,8-9H2,1H3,(H2,19,21)(H,20,23)/t13-/m0/s1. The lowest BCUT2D eigenvalue weighted by Gasteiger charge is -2.16. The molecule has 2 heterocycles. The number of aromatic nitrogens is 1. The molecule has 0 bridgehead atoms. The van der Waals surface area contributed by atoms with E-state index in [2.05, 4.69) is 10.3 Å². The van der Waals surface area contributed by atoms with Gasteiger partial charge < -0.3 is 15.8 Å². The maximum absolute atomic E-state index is 12.2. The fraction of sp³-hybridized carbons (Fsp3) is 0.389. The van der Waals surface area contributed by atoms with E-state index in [0.29, 0.717) is 18.2 Å². The molecule has 1 aromatic heterocycles. The highest BCUT2D eigenvalue weighted by molar-refractivity contribution is 7.15. The van der Waals surface area contributed by atoms with Gasteiger partial charge in [-0.3, -0.25) is 9.69 Å². The highest BCUT2D eigenvalue weighted by Gasteiger charge is 2.33. The van der Waals surface area contributed by atoms with E-state index in [-0.39, 0.29) is 18.1 Å². The zero-order valence-corrected chi connectivity index (χ0v) is 15.3. The number of nitrogens with zero attached hydrogens (tertiary/aromatic N) is 2. The van der Waals surface area contributed by atoms with Gasteiger partial charge in [0.2, 0.25) is 5.91 Å². The Balaban J connectivity index is 1.59. The maximum Gasteiger partial charge on any atom is 0.414 e. The zero-order chi connectivity index (χ0) is 18.3. The van der Waals surface area contributed by atoms with Crippen LogP contribution in [0.5, 0.6) is 0 Å². The molecule has 1 aliphatic carbocycles.